The van der Waals surface area contributed by atoms with Gasteiger partial charge in [0.2, 0.25) is 0 Å². The largest absolute Gasteiger partial charge is 0.481 e. The number of aromatic nitrogens is 2. The molecule has 0 atom stereocenters. The van der Waals surface area contributed by atoms with Crippen molar-refractivity contribution in [3.63, 3.8) is 0 Å². The van der Waals surface area contributed by atoms with Crippen molar-refractivity contribution in [3.8, 4) is 0 Å². The van der Waals surface area contributed by atoms with Gasteiger partial charge in [-0.05, 0) is 19.8 Å². The number of nitrogens with one attached hydrogen (secondary N) is 2. The molecule has 1 aromatic rings. The van der Waals surface area contributed by atoms with Crippen molar-refractivity contribution in [2.45, 2.75) is 32.7 Å². The highest BCUT2D eigenvalue weighted by Crippen LogP contribution is 2.07. The van der Waals surface area contributed by atoms with E-state index in [0.29, 0.717) is 38.3 Å². The Hall–Kier alpha value is -2.42. The Morgan fingerprint density at radius 2 is 1.96 bits per heavy atom. The lowest BCUT2D eigenvalue weighted by Gasteiger charge is -2.11. The highest BCUT2D eigenvalue weighted by atomic mass is 16.4. The third kappa shape index (κ3) is 7.41. The van der Waals surface area contributed by atoms with Gasteiger partial charge in [-0.25, -0.2) is 4.79 Å². The molecule has 0 spiro atoms. The number of aliphatic carboxylic acids is 2. The van der Waals surface area contributed by atoms with Gasteiger partial charge in [0.05, 0.1) is 6.54 Å². The number of rotatable bonds is 11. The fraction of sp³-hybridized carbons (Fsp3) is 0.571. The van der Waals surface area contributed by atoms with Gasteiger partial charge in [0.1, 0.15) is 5.82 Å². The number of carboxylic acid groups (broad SMARTS) is 2. The molecular formula is C14H22N4O5. The molecule has 0 saturated carbocycles. The van der Waals surface area contributed by atoms with Crippen LogP contribution in [0.4, 0.5) is 5.82 Å². The van der Waals surface area contributed by atoms with Crippen LogP contribution in [0.1, 0.15) is 24.8 Å². The number of carbonyl (C=O) groups is 2. The first-order valence-corrected chi connectivity index (χ1v) is 7.36. The van der Waals surface area contributed by atoms with Crippen molar-refractivity contribution in [1.29, 1.82) is 0 Å². The summed E-state index contributed by atoms with van der Waals surface area (Å²) in [5.41, 5.74) is 0.396. The lowest BCUT2D eigenvalue weighted by atomic mass is 10.2. The van der Waals surface area contributed by atoms with E-state index in [9.17, 15) is 14.4 Å². The first kappa shape index (κ1) is 18.6. The number of carboxylic acids is 2. The zero-order valence-corrected chi connectivity index (χ0v) is 13.0. The van der Waals surface area contributed by atoms with Gasteiger partial charge in [0, 0.05) is 37.8 Å². The van der Waals surface area contributed by atoms with Crippen LogP contribution in [0.3, 0.4) is 0 Å². The molecule has 1 heterocycles. The second kappa shape index (κ2) is 9.57. The van der Waals surface area contributed by atoms with Crippen LogP contribution in [0.2, 0.25) is 0 Å². The van der Waals surface area contributed by atoms with Crippen LogP contribution < -0.4 is 16.3 Å². The molecule has 0 unspecified atom stereocenters. The Bertz CT molecular complexity index is 599. The molecule has 0 saturated heterocycles. The number of anilines is 1. The smallest absolute Gasteiger partial charge is 0.349 e. The zero-order valence-electron chi connectivity index (χ0n) is 13.0. The van der Waals surface area contributed by atoms with Gasteiger partial charge in [-0.2, -0.15) is 4.98 Å². The highest BCUT2D eigenvalue weighted by Gasteiger charge is 2.05. The van der Waals surface area contributed by atoms with Crippen LogP contribution in [-0.2, 0) is 16.1 Å². The summed E-state index contributed by atoms with van der Waals surface area (Å²) in [5, 5.41) is 22.8. The summed E-state index contributed by atoms with van der Waals surface area (Å²) in [5.74, 6) is -1.30. The number of aryl methyl sites for hydroxylation is 2. The maximum Gasteiger partial charge on any atom is 0.349 e. The minimum atomic E-state index is -0.926. The quantitative estimate of drug-likeness (QED) is 0.414. The van der Waals surface area contributed by atoms with Gasteiger partial charge in [-0.15, -0.1) is 0 Å². The van der Waals surface area contributed by atoms with E-state index in [-0.39, 0.29) is 13.0 Å². The van der Waals surface area contributed by atoms with E-state index < -0.39 is 17.6 Å². The molecule has 128 valence electrons. The van der Waals surface area contributed by atoms with E-state index in [1.807, 2.05) is 6.92 Å². The van der Waals surface area contributed by atoms with Crippen molar-refractivity contribution in [1.82, 2.24) is 14.9 Å². The zero-order chi connectivity index (χ0) is 17.2. The van der Waals surface area contributed by atoms with E-state index >= 15 is 0 Å². The average Bonchev–Trinajstić information content (AvgIpc) is 2.46. The molecule has 4 N–H and O–H groups in total. The van der Waals surface area contributed by atoms with Gasteiger partial charge < -0.3 is 20.8 Å². The summed E-state index contributed by atoms with van der Waals surface area (Å²) in [4.78, 5) is 36.6. The van der Waals surface area contributed by atoms with Gasteiger partial charge in [-0.1, -0.05) is 0 Å². The summed E-state index contributed by atoms with van der Waals surface area (Å²) in [7, 11) is 0. The van der Waals surface area contributed by atoms with E-state index in [1.165, 1.54) is 4.57 Å². The first-order valence-electron chi connectivity index (χ1n) is 7.36. The Kier molecular flexibility index (Phi) is 7.75. The molecular weight excluding hydrogens is 304 g/mol. The molecule has 23 heavy (non-hydrogen) atoms. The summed E-state index contributed by atoms with van der Waals surface area (Å²) in [6.07, 6.45) is 2.88. The Morgan fingerprint density at radius 1 is 1.22 bits per heavy atom. The molecule has 0 aliphatic heterocycles. The second-order valence-electron chi connectivity index (χ2n) is 5.10. The number of nitrogens with zero attached hydrogens (tertiary/aromatic N) is 2. The van der Waals surface area contributed by atoms with Gasteiger partial charge in [0.25, 0.3) is 0 Å². The van der Waals surface area contributed by atoms with E-state index in [4.69, 9.17) is 10.2 Å². The van der Waals surface area contributed by atoms with Crippen LogP contribution in [0.25, 0.3) is 0 Å². The van der Waals surface area contributed by atoms with Crippen molar-refractivity contribution >= 4 is 17.8 Å². The van der Waals surface area contributed by atoms with Crippen LogP contribution in [-0.4, -0.2) is 51.3 Å². The van der Waals surface area contributed by atoms with Crippen LogP contribution in [0, 0.1) is 6.92 Å². The van der Waals surface area contributed by atoms with Crippen molar-refractivity contribution in [3.05, 3.63) is 22.2 Å². The van der Waals surface area contributed by atoms with Crippen LogP contribution in [0.15, 0.2) is 11.0 Å². The molecule has 0 aliphatic carbocycles. The van der Waals surface area contributed by atoms with Crippen molar-refractivity contribution in [2.75, 3.05) is 25.0 Å². The predicted molar refractivity (Wildman–Crippen MR) is 83.7 cm³/mol. The number of hydrogen-bond donors (Lipinski definition) is 4. The molecule has 9 heteroatoms. The van der Waals surface area contributed by atoms with Crippen LogP contribution >= 0.6 is 0 Å². The monoisotopic (exact) mass is 326 g/mol. The molecule has 0 bridgehead atoms. The molecule has 0 aliphatic rings. The average molecular weight is 326 g/mol. The molecule has 0 aromatic carbocycles. The number of unbranched alkanes of at least 4 members (excludes halogenated alkanes) is 1. The fourth-order valence-corrected chi connectivity index (χ4v) is 1.96. The van der Waals surface area contributed by atoms with E-state index in [2.05, 4.69) is 15.6 Å². The minimum Gasteiger partial charge on any atom is -0.481 e. The summed E-state index contributed by atoms with van der Waals surface area (Å²) >= 11 is 0. The van der Waals surface area contributed by atoms with Gasteiger partial charge >= 0.3 is 17.6 Å². The second-order valence-corrected chi connectivity index (χ2v) is 5.10. The van der Waals surface area contributed by atoms with Gasteiger partial charge in [-0.3, -0.25) is 14.2 Å². The summed E-state index contributed by atoms with van der Waals surface area (Å²) in [6, 6.07) is 0. The lowest BCUT2D eigenvalue weighted by molar-refractivity contribution is -0.137. The molecule has 0 fully saturated rings. The topological polar surface area (TPSA) is 134 Å². The fourth-order valence-electron chi connectivity index (χ4n) is 1.96. The number of hydrogen-bond acceptors (Lipinski definition) is 6. The summed E-state index contributed by atoms with van der Waals surface area (Å²) < 4.78 is 1.46. The van der Waals surface area contributed by atoms with E-state index in [1.54, 1.807) is 6.20 Å². The van der Waals surface area contributed by atoms with Crippen molar-refractivity contribution in [2.24, 2.45) is 0 Å². The Labute approximate surface area is 133 Å². The Morgan fingerprint density at radius 3 is 2.61 bits per heavy atom. The van der Waals surface area contributed by atoms with Crippen molar-refractivity contribution < 1.29 is 19.8 Å². The normalized spacial score (nSPS) is 10.5. The predicted octanol–water partition coefficient (Wildman–Crippen LogP) is -0.107. The first-order chi connectivity index (χ1) is 10.9. The SMILES string of the molecule is Cc1cn(CCCCC(=O)O)c(=O)nc1NCCNCC(=O)O. The van der Waals surface area contributed by atoms with Crippen LogP contribution in [0.5, 0.6) is 0 Å². The maximum absolute atomic E-state index is 11.9. The highest BCUT2D eigenvalue weighted by molar-refractivity contribution is 5.69. The molecule has 0 radical (unpaired) electrons. The molecule has 9 nitrogen and oxygen atoms in total. The molecule has 1 rings (SSSR count). The van der Waals surface area contributed by atoms with Gasteiger partial charge in [0.15, 0.2) is 0 Å². The molecule has 0 amide bonds. The standard InChI is InChI=1S/C14H22N4O5/c1-10-9-18(7-3-2-4-11(19)20)14(23)17-13(10)16-6-5-15-8-12(21)22/h9,15H,2-8H2,1H3,(H,19,20)(H,21,22)(H,16,17,23). The minimum absolute atomic E-state index is 0.0874. The van der Waals surface area contributed by atoms with E-state index in [0.717, 1.165) is 5.56 Å². The Balaban J connectivity index is 2.47. The third-order valence-electron chi connectivity index (χ3n) is 3.09. The maximum atomic E-state index is 11.9. The summed E-state index contributed by atoms with van der Waals surface area (Å²) in [6.45, 7) is 3.01. The molecule has 1 aromatic heterocycles. The lowest BCUT2D eigenvalue weighted by Crippen LogP contribution is -2.29. The third-order valence-corrected chi connectivity index (χ3v) is 3.09.